The van der Waals surface area contributed by atoms with Crippen molar-refractivity contribution < 1.29 is 19.4 Å². The summed E-state index contributed by atoms with van der Waals surface area (Å²) in [7, 11) is 0. The SMILES string of the molecule is CC1(C)C[C@H]2C(=O)[C@@]34COC(=O)[C@@]3(C4)[C@@](C)(O)[C@H]2C1. The van der Waals surface area contributed by atoms with Crippen LogP contribution in [0.25, 0.3) is 0 Å². The van der Waals surface area contributed by atoms with Crippen LogP contribution in [0.15, 0.2) is 0 Å². The minimum Gasteiger partial charge on any atom is -0.464 e. The highest BCUT2D eigenvalue weighted by molar-refractivity contribution is 6.04. The average molecular weight is 264 g/mol. The number of cyclic esters (lactones) is 1. The molecule has 3 saturated carbocycles. The zero-order valence-electron chi connectivity index (χ0n) is 11.7. The van der Waals surface area contributed by atoms with Gasteiger partial charge in [-0.15, -0.1) is 0 Å². The maximum atomic E-state index is 12.8. The van der Waals surface area contributed by atoms with Crippen molar-refractivity contribution in [3.63, 3.8) is 0 Å². The molecule has 104 valence electrons. The van der Waals surface area contributed by atoms with Crippen LogP contribution in [0.5, 0.6) is 0 Å². The van der Waals surface area contributed by atoms with Crippen molar-refractivity contribution in [1.29, 1.82) is 0 Å². The lowest BCUT2D eigenvalue weighted by atomic mass is 9.61. The Morgan fingerprint density at radius 3 is 2.58 bits per heavy atom. The van der Waals surface area contributed by atoms with Crippen molar-refractivity contribution in [3.8, 4) is 0 Å². The Kier molecular flexibility index (Phi) is 1.72. The first-order valence-corrected chi connectivity index (χ1v) is 7.12. The quantitative estimate of drug-likeness (QED) is 0.670. The van der Waals surface area contributed by atoms with Crippen LogP contribution in [0.4, 0.5) is 0 Å². The normalized spacial score (nSPS) is 57.3. The van der Waals surface area contributed by atoms with Crippen molar-refractivity contribution in [2.45, 2.75) is 45.6 Å². The molecule has 4 heteroatoms. The van der Waals surface area contributed by atoms with Crippen LogP contribution in [0, 0.1) is 28.1 Å². The number of aliphatic hydroxyl groups is 1. The number of carbonyl (C=O) groups excluding carboxylic acids is 2. The number of ether oxygens (including phenoxy) is 1. The van der Waals surface area contributed by atoms with E-state index in [1.54, 1.807) is 6.92 Å². The second-order valence-electron chi connectivity index (χ2n) is 8.04. The summed E-state index contributed by atoms with van der Waals surface area (Å²) in [5.41, 5.74) is -2.67. The molecule has 0 aromatic carbocycles. The van der Waals surface area contributed by atoms with E-state index in [9.17, 15) is 14.7 Å². The molecule has 5 atom stereocenters. The summed E-state index contributed by atoms with van der Waals surface area (Å²) in [5, 5.41) is 11.1. The van der Waals surface area contributed by atoms with E-state index in [1.807, 2.05) is 0 Å². The molecule has 4 nitrogen and oxygen atoms in total. The number of hydrogen-bond acceptors (Lipinski definition) is 4. The van der Waals surface area contributed by atoms with E-state index < -0.39 is 16.4 Å². The van der Waals surface area contributed by atoms with Crippen LogP contribution in [0.1, 0.15) is 40.0 Å². The minimum atomic E-state index is -1.10. The third-order valence-corrected chi connectivity index (χ3v) is 6.48. The molecule has 1 N–H and O–H groups in total. The Labute approximate surface area is 112 Å². The number of fused-ring (bicyclic) bond motifs is 1. The lowest BCUT2D eigenvalue weighted by Gasteiger charge is -2.43. The van der Waals surface area contributed by atoms with E-state index in [-0.39, 0.29) is 35.6 Å². The Morgan fingerprint density at radius 1 is 1.21 bits per heavy atom. The van der Waals surface area contributed by atoms with Crippen LogP contribution in [-0.4, -0.2) is 29.1 Å². The predicted molar refractivity (Wildman–Crippen MR) is 66.1 cm³/mol. The van der Waals surface area contributed by atoms with E-state index in [0.29, 0.717) is 6.42 Å². The Morgan fingerprint density at radius 2 is 1.89 bits per heavy atom. The number of carbonyl (C=O) groups is 2. The fourth-order valence-electron chi connectivity index (χ4n) is 5.50. The van der Waals surface area contributed by atoms with Crippen molar-refractivity contribution in [1.82, 2.24) is 0 Å². The molecule has 19 heavy (non-hydrogen) atoms. The summed E-state index contributed by atoms with van der Waals surface area (Å²) in [6.07, 6.45) is 2.12. The van der Waals surface area contributed by atoms with Gasteiger partial charge in [-0.25, -0.2) is 0 Å². The first-order valence-electron chi connectivity index (χ1n) is 7.12. The molecule has 1 heterocycles. The molecule has 3 aliphatic carbocycles. The van der Waals surface area contributed by atoms with Crippen molar-refractivity contribution in [3.05, 3.63) is 0 Å². The molecule has 4 fully saturated rings. The van der Waals surface area contributed by atoms with E-state index >= 15 is 0 Å². The molecule has 0 bridgehead atoms. The monoisotopic (exact) mass is 264 g/mol. The maximum Gasteiger partial charge on any atom is 0.316 e. The summed E-state index contributed by atoms with van der Waals surface area (Å²) in [6.45, 7) is 6.23. The fourth-order valence-corrected chi connectivity index (χ4v) is 5.50. The number of esters is 1. The summed E-state index contributed by atoms with van der Waals surface area (Å²) < 4.78 is 5.15. The van der Waals surface area contributed by atoms with E-state index in [0.717, 1.165) is 12.8 Å². The summed E-state index contributed by atoms with van der Waals surface area (Å²) >= 11 is 0. The van der Waals surface area contributed by atoms with Gasteiger partial charge in [-0.3, -0.25) is 9.59 Å². The molecule has 4 aliphatic rings. The molecule has 0 aromatic rings. The molecule has 0 radical (unpaired) electrons. The van der Waals surface area contributed by atoms with Crippen molar-refractivity contribution >= 4 is 11.8 Å². The maximum absolute atomic E-state index is 12.8. The lowest BCUT2D eigenvalue weighted by molar-refractivity contribution is -0.167. The van der Waals surface area contributed by atoms with Crippen LogP contribution in [0.2, 0.25) is 0 Å². The largest absolute Gasteiger partial charge is 0.464 e. The smallest absolute Gasteiger partial charge is 0.316 e. The van der Waals surface area contributed by atoms with Gasteiger partial charge in [0.1, 0.15) is 17.8 Å². The minimum absolute atomic E-state index is 0.0667. The molecule has 0 spiro atoms. The Hall–Kier alpha value is -0.900. The Bertz CT molecular complexity index is 520. The number of Topliss-reactive ketones (excluding diaryl/α,β-unsaturated/α-hetero) is 1. The van der Waals surface area contributed by atoms with Gasteiger partial charge >= 0.3 is 5.97 Å². The van der Waals surface area contributed by atoms with Crippen molar-refractivity contribution in [2.75, 3.05) is 6.61 Å². The summed E-state index contributed by atoms with van der Waals surface area (Å²) in [6, 6.07) is 0. The van der Waals surface area contributed by atoms with Gasteiger partial charge < -0.3 is 9.84 Å². The summed E-state index contributed by atoms with van der Waals surface area (Å²) in [5.74, 6) is -0.374. The van der Waals surface area contributed by atoms with Crippen LogP contribution in [0.3, 0.4) is 0 Å². The van der Waals surface area contributed by atoms with Crippen LogP contribution in [-0.2, 0) is 14.3 Å². The number of rotatable bonds is 0. The predicted octanol–water partition coefficient (Wildman–Crippen LogP) is 1.31. The van der Waals surface area contributed by atoms with Gasteiger partial charge in [-0.2, -0.15) is 0 Å². The van der Waals surface area contributed by atoms with Gasteiger partial charge in [-0.1, -0.05) is 13.8 Å². The molecular formula is C15H20O4. The third-order valence-electron chi connectivity index (χ3n) is 6.48. The average Bonchev–Trinajstić information content (AvgIpc) is 2.80. The Balaban J connectivity index is 1.87. The highest BCUT2D eigenvalue weighted by Crippen LogP contribution is 2.80. The standard InChI is InChI=1S/C15H20O4/c1-12(2)4-8-9(5-12)13(3,18)15-6-14(15,10(8)16)7-19-11(15)17/h8-9,18H,4-7H2,1-3H3/t8-,9+,13+,14-,15+/m1/s1. The highest BCUT2D eigenvalue weighted by Gasteiger charge is 2.91. The zero-order valence-corrected chi connectivity index (χ0v) is 11.7. The highest BCUT2D eigenvalue weighted by atomic mass is 16.5. The van der Waals surface area contributed by atoms with Gasteiger partial charge in [0.25, 0.3) is 0 Å². The molecular weight excluding hydrogens is 244 g/mol. The fraction of sp³-hybridized carbons (Fsp3) is 0.867. The van der Waals surface area contributed by atoms with Gasteiger partial charge in [0.05, 0.1) is 11.0 Å². The molecule has 1 aliphatic heterocycles. The van der Waals surface area contributed by atoms with Crippen molar-refractivity contribution in [2.24, 2.45) is 28.1 Å². The second-order valence-corrected chi connectivity index (χ2v) is 8.04. The van der Waals surface area contributed by atoms with Gasteiger partial charge in [0, 0.05) is 5.92 Å². The first-order chi connectivity index (χ1) is 8.68. The van der Waals surface area contributed by atoms with E-state index in [2.05, 4.69) is 13.8 Å². The molecule has 1 saturated heterocycles. The molecule has 0 aromatic heterocycles. The number of ketones is 1. The lowest BCUT2D eigenvalue weighted by Crippen LogP contribution is -2.56. The van der Waals surface area contributed by atoms with Crippen LogP contribution >= 0.6 is 0 Å². The van der Waals surface area contributed by atoms with Gasteiger partial charge in [-0.05, 0) is 37.5 Å². The van der Waals surface area contributed by atoms with Gasteiger partial charge in [0.2, 0.25) is 0 Å². The van der Waals surface area contributed by atoms with Gasteiger partial charge in [0.15, 0.2) is 0 Å². The molecule has 0 amide bonds. The second kappa shape index (κ2) is 2.76. The topological polar surface area (TPSA) is 63.6 Å². The zero-order chi connectivity index (χ0) is 13.8. The summed E-state index contributed by atoms with van der Waals surface area (Å²) in [4.78, 5) is 25.0. The van der Waals surface area contributed by atoms with E-state index in [4.69, 9.17) is 4.74 Å². The molecule has 0 unspecified atom stereocenters. The third kappa shape index (κ3) is 0.979. The van der Waals surface area contributed by atoms with Crippen LogP contribution < -0.4 is 0 Å². The number of hydrogen-bond donors (Lipinski definition) is 1. The van der Waals surface area contributed by atoms with E-state index in [1.165, 1.54) is 0 Å². The molecule has 4 rings (SSSR count). The first kappa shape index (κ1) is 11.9.